The molecule has 4 aromatic rings. The molecule has 0 spiro atoms. The van der Waals surface area contributed by atoms with Gasteiger partial charge in [0.05, 0.1) is 11.1 Å². The summed E-state index contributed by atoms with van der Waals surface area (Å²) in [6, 6.07) is 25.8. The van der Waals surface area contributed by atoms with Crippen LogP contribution in [0.25, 0.3) is 6.08 Å². The van der Waals surface area contributed by atoms with Gasteiger partial charge in [0, 0.05) is 24.4 Å². The first-order chi connectivity index (χ1) is 17.5. The Morgan fingerprint density at radius 2 is 1.53 bits per heavy atom. The Labute approximate surface area is 208 Å². The minimum absolute atomic E-state index is 0.00275. The molecule has 0 saturated carbocycles. The van der Waals surface area contributed by atoms with E-state index < -0.39 is 4.92 Å². The standard InChI is InChI=1S/C26H24N8O2/c1-19(16-20-8-4-2-5-9-20)17-28-33-26-31-24(27-18-21-10-6-3-7-11-21)30-25(32-26)29-22-12-14-23(15-13-22)34(35)36/h2-17H,18H2,1H3,(H3,27,29,30,31,32,33). The van der Waals surface area contributed by atoms with E-state index in [0.29, 0.717) is 18.2 Å². The smallest absolute Gasteiger partial charge is 0.269 e. The fourth-order valence-electron chi connectivity index (χ4n) is 3.17. The maximum Gasteiger partial charge on any atom is 0.269 e. The van der Waals surface area contributed by atoms with Crippen molar-refractivity contribution in [1.29, 1.82) is 0 Å². The Kier molecular flexibility index (Phi) is 7.90. The molecule has 0 atom stereocenters. The van der Waals surface area contributed by atoms with E-state index in [1.807, 2.05) is 73.7 Å². The molecule has 0 aliphatic heterocycles. The van der Waals surface area contributed by atoms with E-state index in [-0.39, 0.29) is 17.6 Å². The van der Waals surface area contributed by atoms with Gasteiger partial charge in [-0.05, 0) is 35.8 Å². The Morgan fingerprint density at radius 1 is 0.889 bits per heavy atom. The second-order valence-electron chi connectivity index (χ2n) is 7.74. The van der Waals surface area contributed by atoms with Gasteiger partial charge in [-0.2, -0.15) is 20.1 Å². The number of rotatable bonds is 10. The average molecular weight is 481 g/mol. The number of nitrogens with one attached hydrogen (secondary N) is 3. The second kappa shape index (κ2) is 11.8. The summed E-state index contributed by atoms with van der Waals surface area (Å²) in [6.07, 6.45) is 3.68. The normalized spacial score (nSPS) is 11.3. The lowest BCUT2D eigenvalue weighted by Crippen LogP contribution is -2.09. The van der Waals surface area contributed by atoms with Crippen molar-refractivity contribution in [2.45, 2.75) is 13.5 Å². The first-order valence-corrected chi connectivity index (χ1v) is 11.1. The van der Waals surface area contributed by atoms with Crippen LogP contribution in [0.15, 0.2) is 95.6 Å². The van der Waals surface area contributed by atoms with E-state index >= 15 is 0 Å². The molecule has 0 amide bonds. The maximum absolute atomic E-state index is 10.9. The molecule has 0 fully saturated rings. The summed E-state index contributed by atoms with van der Waals surface area (Å²) >= 11 is 0. The largest absolute Gasteiger partial charge is 0.350 e. The van der Waals surface area contributed by atoms with Gasteiger partial charge >= 0.3 is 0 Å². The van der Waals surface area contributed by atoms with Crippen LogP contribution in [0, 0.1) is 10.1 Å². The van der Waals surface area contributed by atoms with Gasteiger partial charge in [-0.1, -0.05) is 66.7 Å². The quantitative estimate of drug-likeness (QED) is 0.151. The van der Waals surface area contributed by atoms with Gasteiger partial charge in [0.1, 0.15) is 0 Å². The molecule has 4 rings (SSSR count). The number of nitrogens with zero attached hydrogens (tertiary/aromatic N) is 5. The molecule has 180 valence electrons. The molecule has 0 unspecified atom stereocenters. The molecule has 10 heteroatoms. The van der Waals surface area contributed by atoms with E-state index in [1.54, 1.807) is 18.3 Å². The van der Waals surface area contributed by atoms with Gasteiger partial charge < -0.3 is 10.6 Å². The van der Waals surface area contributed by atoms with Gasteiger partial charge in [-0.3, -0.25) is 10.1 Å². The monoisotopic (exact) mass is 480 g/mol. The predicted octanol–water partition coefficient (Wildman–Crippen LogP) is 5.64. The summed E-state index contributed by atoms with van der Waals surface area (Å²) in [7, 11) is 0. The summed E-state index contributed by atoms with van der Waals surface area (Å²) in [5.41, 5.74) is 6.52. The van der Waals surface area contributed by atoms with Crippen LogP contribution in [0.5, 0.6) is 0 Å². The number of hydrazone groups is 1. The molecule has 0 radical (unpaired) electrons. The minimum Gasteiger partial charge on any atom is -0.350 e. The summed E-state index contributed by atoms with van der Waals surface area (Å²) in [4.78, 5) is 23.7. The van der Waals surface area contributed by atoms with Crippen LogP contribution in [0.3, 0.4) is 0 Å². The molecule has 0 aliphatic carbocycles. The highest BCUT2D eigenvalue weighted by Crippen LogP contribution is 2.20. The van der Waals surface area contributed by atoms with Crippen molar-refractivity contribution in [3.63, 3.8) is 0 Å². The van der Waals surface area contributed by atoms with Crippen LogP contribution >= 0.6 is 0 Å². The molecule has 36 heavy (non-hydrogen) atoms. The number of nitro groups is 1. The third-order valence-electron chi connectivity index (χ3n) is 4.89. The SMILES string of the molecule is CC(C=NNc1nc(NCc2ccccc2)nc(Nc2ccc([N+](=O)[O-])cc2)n1)=Cc1ccccc1. The van der Waals surface area contributed by atoms with Crippen LogP contribution in [-0.4, -0.2) is 26.1 Å². The zero-order chi connectivity index (χ0) is 25.2. The topological polar surface area (TPSA) is 130 Å². The number of benzene rings is 3. The van der Waals surface area contributed by atoms with Gasteiger partial charge in [-0.15, -0.1) is 0 Å². The van der Waals surface area contributed by atoms with Crippen molar-refractivity contribution >= 4 is 41.5 Å². The Morgan fingerprint density at radius 3 is 2.22 bits per heavy atom. The van der Waals surface area contributed by atoms with Crippen molar-refractivity contribution in [2.24, 2.45) is 5.10 Å². The van der Waals surface area contributed by atoms with E-state index in [2.05, 4.69) is 36.1 Å². The summed E-state index contributed by atoms with van der Waals surface area (Å²) in [5, 5.41) is 21.4. The molecule has 0 saturated heterocycles. The van der Waals surface area contributed by atoms with Gasteiger partial charge in [-0.25, -0.2) is 5.43 Å². The third kappa shape index (κ3) is 7.19. The van der Waals surface area contributed by atoms with Crippen LogP contribution < -0.4 is 16.1 Å². The second-order valence-corrected chi connectivity index (χ2v) is 7.74. The molecule has 0 aliphatic rings. The molecule has 0 bridgehead atoms. The van der Waals surface area contributed by atoms with Crippen LogP contribution in [-0.2, 0) is 6.54 Å². The minimum atomic E-state index is -0.452. The number of aromatic nitrogens is 3. The number of anilines is 4. The molecule has 3 N–H and O–H groups in total. The highest BCUT2D eigenvalue weighted by atomic mass is 16.6. The van der Waals surface area contributed by atoms with E-state index in [9.17, 15) is 10.1 Å². The number of hydrogen-bond donors (Lipinski definition) is 3. The number of hydrogen-bond acceptors (Lipinski definition) is 9. The van der Waals surface area contributed by atoms with Crippen molar-refractivity contribution in [3.8, 4) is 0 Å². The third-order valence-corrected chi connectivity index (χ3v) is 4.89. The lowest BCUT2D eigenvalue weighted by atomic mass is 10.1. The molecule has 10 nitrogen and oxygen atoms in total. The van der Waals surface area contributed by atoms with Crippen LogP contribution in [0.4, 0.5) is 29.2 Å². The zero-order valence-corrected chi connectivity index (χ0v) is 19.5. The van der Waals surface area contributed by atoms with Crippen molar-refractivity contribution < 1.29 is 4.92 Å². The number of non-ortho nitro benzene ring substituents is 1. The molecular formula is C26H24N8O2. The van der Waals surface area contributed by atoms with E-state index in [1.165, 1.54) is 12.1 Å². The number of allylic oxidation sites excluding steroid dienone is 1. The van der Waals surface area contributed by atoms with Crippen molar-refractivity contribution in [3.05, 3.63) is 112 Å². The van der Waals surface area contributed by atoms with Gasteiger partial charge in [0.2, 0.25) is 17.8 Å². The Balaban J connectivity index is 1.51. The molecular weight excluding hydrogens is 456 g/mol. The van der Waals surface area contributed by atoms with E-state index in [4.69, 9.17) is 0 Å². The van der Waals surface area contributed by atoms with Crippen molar-refractivity contribution in [2.75, 3.05) is 16.1 Å². The fourth-order valence-corrected chi connectivity index (χ4v) is 3.17. The maximum atomic E-state index is 10.9. The summed E-state index contributed by atoms with van der Waals surface area (Å²) in [5.74, 6) is 0.824. The average Bonchev–Trinajstić information content (AvgIpc) is 2.89. The summed E-state index contributed by atoms with van der Waals surface area (Å²) in [6.45, 7) is 2.46. The lowest BCUT2D eigenvalue weighted by Gasteiger charge is -2.10. The van der Waals surface area contributed by atoms with Crippen LogP contribution in [0.1, 0.15) is 18.1 Å². The number of nitro benzene ring substituents is 1. The molecule has 1 aromatic heterocycles. The van der Waals surface area contributed by atoms with Crippen LogP contribution in [0.2, 0.25) is 0 Å². The Bertz CT molecular complexity index is 1360. The zero-order valence-electron chi connectivity index (χ0n) is 19.5. The summed E-state index contributed by atoms with van der Waals surface area (Å²) < 4.78 is 0. The van der Waals surface area contributed by atoms with Gasteiger partial charge in [0.25, 0.3) is 5.69 Å². The highest BCUT2D eigenvalue weighted by molar-refractivity contribution is 5.85. The van der Waals surface area contributed by atoms with Gasteiger partial charge in [0.15, 0.2) is 0 Å². The first kappa shape index (κ1) is 24.0. The predicted molar refractivity (Wildman–Crippen MR) is 142 cm³/mol. The lowest BCUT2D eigenvalue weighted by molar-refractivity contribution is -0.384. The fraction of sp³-hybridized carbons (Fsp3) is 0.0769. The first-order valence-electron chi connectivity index (χ1n) is 11.1. The Hall–Kier alpha value is -5.12. The molecule has 3 aromatic carbocycles. The highest BCUT2D eigenvalue weighted by Gasteiger charge is 2.09. The van der Waals surface area contributed by atoms with E-state index in [0.717, 1.165) is 16.7 Å². The van der Waals surface area contributed by atoms with Crippen molar-refractivity contribution in [1.82, 2.24) is 15.0 Å². The molecule has 1 heterocycles.